The molecule has 60 heavy (non-hydrogen) atoms. The second kappa shape index (κ2) is 27.5. The minimum Gasteiger partial charge on any atom is -0.399 e. The van der Waals surface area contributed by atoms with E-state index in [1.54, 1.807) is 0 Å². The van der Waals surface area contributed by atoms with Crippen LogP contribution in [0.1, 0.15) is 211 Å². The molecule has 0 fully saturated rings. The maximum Gasteiger partial charge on any atom is 0.0314 e. The lowest BCUT2D eigenvalue weighted by molar-refractivity contribution is 0.540. The summed E-state index contributed by atoms with van der Waals surface area (Å²) < 4.78 is 0. The molecule has 4 N–H and O–H groups in total. The topological polar surface area (TPSA) is 52.0 Å². The van der Waals surface area contributed by atoms with Gasteiger partial charge < -0.3 is 11.5 Å². The van der Waals surface area contributed by atoms with Crippen LogP contribution < -0.4 is 11.5 Å². The van der Waals surface area contributed by atoms with Gasteiger partial charge in [-0.15, -0.1) is 0 Å². The van der Waals surface area contributed by atoms with Gasteiger partial charge in [-0.1, -0.05) is 239 Å². The minimum atomic E-state index is 0.412. The molecule has 0 aliphatic carbocycles. The Morgan fingerprint density at radius 1 is 0.283 bits per heavy atom. The van der Waals surface area contributed by atoms with Crippen molar-refractivity contribution in [2.24, 2.45) is 0 Å². The molecule has 2 heteroatoms. The summed E-state index contributed by atoms with van der Waals surface area (Å²) in [6.45, 7) is 4.59. The van der Waals surface area contributed by atoms with Gasteiger partial charge in [-0.3, -0.25) is 0 Å². The number of unbranched alkanes of at least 4 members (excludes halogenated alkanes) is 18. The van der Waals surface area contributed by atoms with E-state index in [-0.39, 0.29) is 0 Å². The average Bonchev–Trinajstić information content (AvgIpc) is 3.27. The largest absolute Gasteiger partial charge is 0.399 e. The molecule has 2 atom stereocenters. The molecule has 2 unspecified atom stereocenters. The van der Waals surface area contributed by atoms with Crippen molar-refractivity contribution >= 4 is 11.4 Å². The Morgan fingerprint density at radius 3 is 0.767 bits per heavy atom. The minimum absolute atomic E-state index is 0.412. The van der Waals surface area contributed by atoms with Crippen molar-refractivity contribution in [1.29, 1.82) is 0 Å². The number of nitrogen functional groups attached to an aromatic ring is 2. The van der Waals surface area contributed by atoms with Crippen molar-refractivity contribution in [2.75, 3.05) is 11.5 Å². The number of rotatable bonds is 30. The fourth-order valence-electron chi connectivity index (χ4n) is 9.16. The summed E-state index contributed by atoms with van der Waals surface area (Å²) >= 11 is 0. The van der Waals surface area contributed by atoms with Gasteiger partial charge in [0.15, 0.2) is 0 Å². The molecule has 0 bridgehead atoms. The van der Waals surface area contributed by atoms with Gasteiger partial charge in [0, 0.05) is 23.2 Å². The molecule has 5 aromatic carbocycles. The smallest absolute Gasteiger partial charge is 0.0314 e. The second-order valence-corrected chi connectivity index (χ2v) is 18.0. The lowest BCUT2D eigenvalue weighted by Crippen LogP contribution is -2.03. The van der Waals surface area contributed by atoms with E-state index in [2.05, 4.69) is 135 Å². The van der Waals surface area contributed by atoms with Crippen molar-refractivity contribution in [3.05, 3.63) is 166 Å². The van der Waals surface area contributed by atoms with Crippen molar-refractivity contribution < 1.29 is 0 Å². The van der Waals surface area contributed by atoms with Gasteiger partial charge in [-0.05, 0) is 94.5 Å². The Morgan fingerprint density at radius 2 is 0.500 bits per heavy atom. The zero-order chi connectivity index (χ0) is 42.0. The molecular weight excluding hydrogens is 725 g/mol. The molecule has 0 heterocycles. The number of nitrogens with two attached hydrogens (primary N) is 2. The second-order valence-electron chi connectivity index (χ2n) is 18.0. The average molecular weight is 805 g/mol. The van der Waals surface area contributed by atoms with Crippen LogP contribution in [-0.4, -0.2) is 0 Å². The lowest BCUT2D eigenvalue weighted by atomic mass is 9.85. The zero-order valence-electron chi connectivity index (χ0n) is 37.8. The van der Waals surface area contributed by atoms with Crippen molar-refractivity contribution in [3.8, 4) is 0 Å². The van der Waals surface area contributed by atoms with Crippen LogP contribution in [0.25, 0.3) is 0 Å². The quantitative estimate of drug-likeness (QED) is 0.0359. The number of hydrogen-bond acceptors (Lipinski definition) is 2. The van der Waals surface area contributed by atoms with E-state index in [0.29, 0.717) is 11.8 Å². The van der Waals surface area contributed by atoms with Crippen LogP contribution >= 0.6 is 0 Å². The first kappa shape index (κ1) is 46.8. The van der Waals surface area contributed by atoms with Gasteiger partial charge in [-0.2, -0.15) is 0 Å². The fraction of sp³-hybridized carbons (Fsp3) is 0.483. The third-order valence-corrected chi connectivity index (χ3v) is 13.0. The van der Waals surface area contributed by atoms with Crippen LogP contribution in [-0.2, 0) is 12.8 Å². The fourth-order valence-corrected chi connectivity index (χ4v) is 9.16. The summed E-state index contributed by atoms with van der Waals surface area (Å²) in [5.74, 6) is 0.824. The SMILES string of the molecule is CCCCCCCCCCCCC(c1ccc(N)cc1)c1ccc(Cc2ccc(Cc3ccc(C(CCCCCCCCCCCC)c4ccc(N)cc4)cc3)cc2)cc1. The van der Waals surface area contributed by atoms with Gasteiger partial charge >= 0.3 is 0 Å². The maximum absolute atomic E-state index is 6.08. The summed E-state index contributed by atoms with van der Waals surface area (Å²) in [6, 6.07) is 45.4. The molecule has 0 radical (unpaired) electrons. The van der Waals surface area contributed by atoms with E-state index in [0.717, 1.165) is 24.2 Å². The molecule has 322 valence electrons. The van der Waals surface area contributed by atoms with E-state index < -0.39 is 0 Å². The van der Waals surface area contributed by atoms with Gasteiger partial charge in [0.25, 0.3) is 0 Å². The van der Waals surface area contributed by atoms with Gasteiger partial charge in [0.05, 0.1) is 0 Å². The summed E-state index contributed by atoms with van der Waals surface area (Å²) in [6.07, 6.45) is 31.7. The Bertz CT molecular complexity index is 1680. The third kappa shape index (κ3) is 17.0. The summed E-state index contributed by atoms with van der Waals surface area (Å²) in [5.41, 5.74) is 24.9. The van der Waals surface area contributed by atoms with Gasteiger partial charge in [0.1, 0.15) is 0 Å². The predicted octanol–water partition coefficient (Wildman–Crippen LogP) is 16.9. The first-order valence-corrected chi connectivity index (χ1v) is 24.5. The molecule has 0 spiro atoms. The maximum atomic E-state index is 6.08. The van der Waals surface area contributed by atoms with E-state index in [1.807, 2.05) is 0 Å². The molecule has 0 aromatic heterocycles. The highest BCUT2D eigenvalue weighted by Crippen LogP contribution is 2.33. The highest BCUT2D eigenvalue weighted by molar-refractivity contribution is 5.45. The van der Waals surface area contributed by atoms with Crippen LogP contribution in [0.5, 0.6) is 0 Å². The van der Waals surface area contributed by atoms with E-state index in [9.17, 15) is 0 Å². The third-order valence-electron chi connectivity index (χ3n) is 13.0. The summed E-state index contributed by atoms with van der Waals surface area (Å²) in [4.78, 5) is 0. The molecular formula is C58H80N2. The number of hydrogen-bond donors (Lipinski definition) is 2. The van der Waals surface area contributed by atoms with Crippen molar-refractivity contribution in [1.82, 2.24) is 0 Å². The van der Waals surface area contributed by atoms with Crippen molar-refractivity contribution in [3.63, 3.8) is 0 Å². The highest BCUT2D eigenvalue weighted by atomic mass is 14.5. The molecule has 0 saturated carbocycles. The van der Waals surface area contributed by atoms with E-state index in [1.165, 1.54) is 186 Å². The van der Waals surface area contributed by atoms with Gasteiger partial charge in [-0.25, -0.2) is 0 Å². The molecule has 2 nitrogen and oxygen atoms in total. The van der Waals surface area contributed by atoms with Crippen LogP contribution in [0.3, 0.4) is 0 Å². The number of anilines is 2. The molecule has 5 rings (SSSR count). The van der Waals surface area contributed by atoms with Crippen LogP contribution in [0.4, 0.5) is 11.4 Å². The number of benzene rings is 5. The van der Waals surface area contributed by atoms with Crippen molar-refractivity contribution in [2.45, 2.75) is 180 Å². The zero-order valence-corrected chi connectivity index (χ0v) is 37.8. The molecule has 0 amide bonds. The van der Waals surface area contributed by atoms with E-state index in [4.69, 9.17) is 11.5 Å². The Labute approximate surface area is 367 Å². The first-order valence-electron chi connectivity index (χ1n) is 24.5. The Balaban J connectivity index is 1.10. The molecule has 0 aliphatic rings. The summed E-state index contributed by atoms with van der Waals surface area (Å²) in [7, 11) is 0. The van der Waals surface area contributed by atoms with Crippen LogP contribution in [0.2, 0.25) is 0 Å². The monoisotopic (exact) mass is 805 g/mol. The lowest BCUT2D eigenvalue weighted by Gasteiger charge is -2.19. The molecule has 0 aliphatic heterocycles. The highest BCUT2D eigenvalue weighted by Gasteiger charge is 2.16. The van der Waals surface area contributed by atoms with Crippen LogP contribution in [0, 0.1) is 0 Å². The summed E-state index contributed by atoms with van der Waals surface area (Å²) in [5, 5.41) is 0. The Hall–Kier alpha value is -4.30. The molecule has 5 aromatic rings. The Kier molecular flexibility index (Phi) is 21.5. The van der Waals surface area contributed by atoms with E-state index >= 15 is 0 Å². The predicted molar refractivity (Wildman–Crippen MR) is 263 cm³/mol. The normalized spacial score (nSPS) is 12.4. The van der Waals surface area contributed by atoms with Gasteiger partial charge in [0.2, 0.25) is 0 Å². The molecule has 0 saturated heterocycles. The first-order chi connectivity index (χ1) is 29.5. The van der Waals surface area contributed by atoms with Crippen LogP contribution in [0.15, 0.2) is 121 Å². The standard InChI is InChI=1S/C58H80N2/c1-3-5-7-9-11-13-15-17-19-21-23-57(53-37-41-55(59)42-38-53)51-33-29-49(30-34-51)45-47-25-27-48(28-26-47)46-50-31-35-52(36-32-50)58(54-39-43-56(60)44-40-54)24-22-20-18-16-14-12-10-8-6-4-2/h25-44,57-58H,3-24,45-46,59-60H2,1-2H3.